The molecule has 12 rings (SSSR count). The van der Waals surface area contributed by atoms with Crippen LogP contribution in [0.5, 0.6) is 17.2 Å². The number of fused-ring (bicyclic) bond motifs is 3. The lowest BCUT2D eigenvalue weighted by molar-refractivity contribution is -0.142. The van der Waals surface area contributed by atoms with Crippen molar-refractivity contribution in [2.24, 2.45) is 16.2 Å². The van der Waals surface area contributed by atoms with E-state index in [-0.39, 0.29) is 128 Å². The van der Waals surface area contributed by atoms with Crippen LogP contribution in [0.4, 0.5) is 68.3 Å². The molecule has 6 aliphatic rings. The number of para-hydroxylation sites is 1. The number of H-pyrrole nitrogens is 3. The molecule has 3 aromatic heterocycles. The summed E-state index contributed by atoms with van der Waals surface area (Å²) in [6.45, 7) is 11.1. The van der Waals surface area contributed by atoms with Gasteiger partial charge in [-0.25, -0.2) is 0 Å². The van der Waals surface area contributed by atoms with Gasteiger partial charge in [0.15, 0.2) is 34.8 Å². The molecule has 4 N–H and O–H groups in total. The van der Waals surface area contributed by atoms with Crippen LogP contribution in [0.1, 0.15) is 148 Å². The molecule has 0 spiro atoms. The number of benzene rings is 3. The number of allylic oxidation sites excluding steroid dienone is 6. The molecule has 3 aliphatic heterocycles. The van der Waals surface area contributed by atoms with E-state index < -0.39 is 92.5 Å². The Bertz CT molecular complexity index is 3910. The van der Waals surface area contributed by atoms with E-state index in [2.05, 4.69) is 35.9 Å². The zero-order valence-electron chi connectivity index (χ0n) is 46.8. The molecule has 0 saturated carbocycles. The number of ether oxygens (including phenoxy) is 3. The van der Waals surface area contributed by atoms with Crippen LogP contribution in [0.15, 0.2) is 94.5 Å². The van der Waals surface area contributed by atoms with Crippen molar-refractivity contribution in [3.05, 3.63) is 145 Å². The zero-order chi connectivity index (χ0) is 60.3. The number of carbonyl (C=O) groups excluding carboxylic acids is 3. The minimum absolute atomic E-state index is 0.0134. The van der Waals surface area contributed by atoms with Crippen molar-refractivity contribution in [1.82, 2.24) is 30.6 Å². The number of hydrogen-bond acceptors (Lipinski definition) is 12. The first-order valence-electron chi connectivity index (χ1n) is 27.0. The molecule has 6 heterocycles. The van der Waals surface area contributed by atoms with Crippen molar-refractivity contribution in [2.45, 2.75) is 116 Å². The SMILES string of the molecule is COc1cc(N2C3=C(C(=O)CC(C)(C)C3)[C@@H](c3ccc(N4C5=C(C(=O)CC(C)(C)C5)[C@H](c5ccccc5OC)c5c4n[nH]c5C(F)(F)F)cc3OC)c3c2n[nH]c3C(F)(F)F)ccc1C1C2=C(CC(C)(C)CC2=O)Nc2n[nH]c(C(F)(F)F)c21. The van der Waals surface area contributed by atoms with E-state index >= 15 is 31.1 Å². The third-order valence-corrected chi connectivity index (χ3v) is 16.9. The van der Waals surface area contributed by atoms with Crippen molar-refractivity contribution in [3.8, 4) is 17.2 Å². The summed E-state index contributed by atoms with van der Waals surface area (Å²) in [7, 11) is 3.89. The highest BCUT2D eigenvalue weighted by atomic mass is 19.4. The Kier molecular flexibility index (Phi) is 12.6. The second kappa shape index (κ2) is 18.8. The van der Waals surface area contributed by atoms with Gasteiger partial charge in [-0.05, 0) is 53.7 Å². The Labute approximate surface area is 474 Å². The van der Waals surface area contributed by atoms with Crippen LogP contribution in [-0.4, -0.2) is 69.3 Å². The van der Waals surface area contributed by atoms with E-state index in [9.17, 15) is 22.8 Å². The van der Waals surface area contributed by atoms with Crippen molar-refractivity contribution in [2.75, 3.05) is 36.4 Å². The number of ketones is 3. The first-order valence-corrected chi connectivity index (χ1v) is 27.0. The van der Waals surface area contributed by atoms with Gasteiger partial charge < -0.3 is 19.5 Å². The molecule has 3 aromatic carbocycles. The fraction of sp³-hybridized carbons (Fsp3) is 0.400. The van der Waals surface area contributed by atoms with Gasteiger partial charge in [0, 0.05) is 116 Å². The van der Waals surface area contributed by atoms with Gasteiger partial charge in [-0.15, -0.1) is 0 Å². The summed E-state index contributed by atoms with van der Waals surface area (Å²) < 4.78 is 155. The Hall–Kier alpha value is -8.31. The van der Waals surface area contributed by atoms with Crippen LogP contribution < -0.4 is 29.3 Å². The molecule has 0 bridgehead atoms. The molecule has 84 heavy (non-hydrogen) atoms. The smallest absolute Gasteiger partial charge is 0.433 e. The first-order chi connectivity index (χ1) is 39.4. The van der Waals surface area contributed by atoms with E-state index in [1.165, 1.54) is 67.5 Å². The molecule has 0 fully saturated rings. The predicted molar refractivity (Wildman–Crippen MR) is 288 cm³/mol. The normalized spacial score (nSPS) is 21.8. The van der Waals surface area contributed by atoms with E-state index in [0.29, 0.717) is 17.8 Å². The lowest BCUT2D eigenvalue weighted by atomic mass is 9.68. The third kappa shape index (κ3) is 8.86. The van der Waals surface area contributed by atoms with Crippen molar-refractivity contribution >= 4 is 46.2 Å². The monoisotopic (exact) mass is 1170 g/mol. The largest absolute Gasteiger partial charge is 0.496 e. The zero-order valence-corrected chi connectivity index (χ0v) is 46.8. The number of aromatic amines is 3. The number of carbonyl (C=O) groups is 3. The number of methoxy groups -OCH3 is 3. The second-order valence-electron chi connectivity index (χ2n) is 24.7. The van der Waals surface area contributed by atoms with Crippen LogP contribution in [0.25, 0.3) is 0 Å². The van der Waals surface area contributed by atoms with E-state index in [1.54, 1.807) is 24.3 Å². The quantitative estimate of drug-likeness (QED) is 0.106. The van der Waals surface area contributed by atoms with Crippen molar-refractivity contribution in [1.29, 1.82) is 0 Å². The maximum atomic E-state index is 15.7. The Morgan fingerprint density at radius 1 is 0.476 bits per heavy atom. The summed E-state index contributed by atoms with van der Waals surface area (Å²) in [6.07, 6.45) is -14.6. The van der Waals surface area contributed by atoms with Crippen molar-refractivity contribution in [3.63, 3.8) is 0 Å². The van der Waals surface area contributed by atoms with Gasteiger partial charge in [-0.3, -0.25) is 39.5 Å². The minimum atomic E-state index is -5.13. The maximum Gasteiger partial charge on any atom is 0.433 e. The van der Waals surface area contributed by atoms with E-state index in [4.69, 9.17) is 14.2 Å². The molecule has 3 atom stereocenters. The number of alkyl halides is 9. The molecule has 6 aromatic rings. The lowest BCUT2D eigenvalue weighted by Gasteiger charge is -2.44. The average molecular weight is 1170 g/mol. The minimum Gasteiger partial charge on any atom is -0.496 e. The molecule has 15 nitrogen and oxygen atoms in total. The number of nitrogens with zero attached hydrogens (tertiary/aromatic N) is 5. The lowest BCUT2D eigenvalue weighted by Crippen LogP contribution is -2.38. The third-order valence-electron chi connectivity index (χ3n) is 16.9. The van der Waals surface area contributed by atoms with Crippen LogP contribution in [0.3, 0.4) is 0 Å². The average Bonchev–Trinajstić information content (AvgIpc) is 1.35. The number of nitrogens with one attached hydrogen (secondary N) is 4. The maximum absolute atomic E-state index is 15.7. The fourth-order valence-corrected chi connectivity index (χ4v) is 13.8. The summed E-state index contributed by atoms with van der Waals surface area (Å²) in [5, 5.41) is 22.1. The number of anilines is 5. The van der Waals surface area contributed by atoms with Gasteiger partial charge in [0.25, 0.3) is 0 Å². The molecule has 0 saturated heterocycles. The summed E-state index contributed by atoms with van der Waals surface area (Å²) in [5.41, 5.74) is -5.27. The Morgan fingerprint density at radius 3 is 1.30 bits per heavy atom. The van der Waals surface area contributed by atoms with Gasteiger partial charge in [0.05, 0.1) is 32.7 Å². The molecular formula is C60H56F9N9O6. The molecule has 1 unspecified atom stereocenters. The summed E-state index contributed by atoms with van der Waals surface area (Å²) >= 11 is 0. The fourth-order valence-electron chi connectivity index (χ4n) is 13.8. The number of hydrogen-bond donors (Lipinski definition) is 4. The molecule has 440 valence electrons. The topological polar surface area (TPSA) is 183 Å². The summed E-state index contributed by atoms with van der Waals surface area (Å²) in [6, 6.07) is 15.1. The van der Waals surface area contributed by atoms with Crippen LogP contribution in [0.2, 0.25) is 0 Å². The van der Waals surface area contributed by atoms with E-state index in [1.807, 2.05) is 41.5 Å². The van der Waals surface area contributed by atoms with Gasteiger partial charge in [-0.1, -0.05) is 71.9 Å². The molecule has 3 aliphatic carbocycles. The van der Waals surface area contributed by atoms with E-state index in [0.717, 1.165) is 0 Å². The number of rotatable bonds is 8. The highest BCUT2D eigenvalue weighted by Gasteiger charge is 2.54. The highest BCUT2D eigenvalue weighted by Crippen LogP contribution is 2.61. The first kappa shape index (κ1) is 56.2. The molecular weight excluding hydrogens is 1110 g/mol. The molecule has 0 radical (unpaired) electrons. The number of aromatic nitrogens is 6. The summed E-state index contributed by atoms with van der Waals surface area (Å²) in [4.78, 5) is 46.8. The standard InChI is InChI=1S/C60H56F9N9O6/c1-55(2)20-31-43(34(79)23-55)40(46-49(58(61,62)63)71-74-52(46)70-31)29-16-14-26(18-38(29)83-8)78-33-22-57(5,6)25-36(81)45(33)42(48-51(60(67,68)69)73-76-54(48)78)30-17-15-27(19-39(30)84-9)77-32-21-56(3,4)24-35(80)44(32)41(28-12-10-11-13-37(28)82-7)47-50(59(64,65)66)72-75-53(47)77/h10-19,40-42H,20-25H2,1-9H3,(H,72,75)(H,73,76)(H2,70,71,74)/t40?,41-,42+/m0/s1. The van der Waals surface area contributed by atoms with Gasteiger partial charge in [0.1, 0.15) is 34.3 Å². The number of halogens is 9. The molecule has 24 heteroatoms. The van der Waals surface area contributed by atoms with Crippen LogP contribution in [-0.2, 0) is 32.9 Å². The Balaban J connectivity index is 1.05. The van der Waals surface area contributed by atoms with Crippen LogP contribution >= 0.6 is 0 Å². The molecule has 0 amide bonds. The van der Waals surface area contributed by atoms with Gasteiger partial charge in [-0.2, -0.15) is 54.8 Å². The number of Topliss-reactive ketones (excluding diaryl/α,β-unsaturated/α-hetero) is 3. The van der Waals surface area contributed by atoms with Crippen LogP contribution in [0, 0.1) is 16.2 Å². The predicted octanol–water partition coefficient (Wildman–Crippen LogP) is 14.0. The summed E-state index contributed by atoms with van der Waals surface area (Å²) in [5.74, 6) is -6.11. The van der Waals surface area contributed by atoms with Gasteiger partial charge in [0.2, 0.25) is 0 Å². The second-order valence-corrected chi connectivity index (χ2v) is 24.7. The Morgan fingerprint density at radius 2 is 0.857 bits per heavy atom. The highest BCUT2D eigenvalue weighted by molar-refractivity contribution is 6.05. The van der Waals surface area contributed by atoms with Gasteiger partial charge >= 0.3 is 18.5 Å². The van der Waals surface area contributed by atoms with Crippen molar-refractivity contribution < 1.29 is 68.1 Å².